The Balaban J connectivity index is 1.48. The predicted octanol–water partition coefficient (Wildman–Crippen LogP) is 3.28. The van der Waals surface area contributed by atoms with Crippen molar-refractivity contribution in [2.24, 2.45) is 0 Å². The van der Waals surface area contributed by atoms with Crippen LogP contribution in [0.4, 0.5) is 0 Å². The minimum atomic E-state index is 0.767. The van der Waals surface area contributed by atoms with Crippen molar-refractivity contribution in [2.75, 3.05) is 26.2 Å². The number of H-pyrrole nitrogens is 1. The number of hydrogen-bond acceptors (Lipinski definition) is 4. The number of rotatable bonds is 5. The van der Waals surface area contributed by atoms with E-state index in [0.29, 0.717) is 0 Å². The van der Waals surface area contributed by atoms with Gasteiger partial charge in [-0.15, -0.1) is 0 Å². The highest BCUT2D eigenvalue weighted by atomic mass is 16.5. The first kappa shape index (κ1) is 14.5. The Morgan fingerprint density at radius 2 is 2.09 bits per heavy atom. The molecule has 0 bridgehead atoms. The molecule has 0 saturated carbocycles. The van der Waals surface area contributed by atoms with Gasteiger partial charge >= 0.3 is 0 Å². The molecule has 0 atom stereocenters. The van der Waals surface area contributed by atoms with Crippen molar-refractivity contribution in [3.05, 3.63) is 30.2 Å². The van der Waals surface area contributed by atoms with Gasteiger partial charge in [-0.05, 0) is 50.9 Å². The fourth-order valence-corrected chi connectivity index (χ4v) is 3.40. The Labute approximate surface area is 135 Å². The summed E-state index contributed by atoms with van der Waals surface area (Å²) in [5.41, 5.74) is 3.09. The van der Waals surface area contributed by atoms with Gasteiger partial charge in [0.2, 0.25) is 0 Å². The third-order valence-corrected chi connectivity index (χ3v) is 4.65. The minimum Gasteiger partial charge on any atom is -0.493 e. The molecule has 0 unspecified atom stereocenters. The molecule has 3 aromatic rings. The van der Waals surface area contributed by atoms with Crippen molar-refractivity contribution in [1.29, 1.82) is 0 Å². The van der Waals surface area contributed by atoms with Gasteiger partial charge in [-0.1, -0.05) is 0 Å². The number of aryl methyl sites for hydroxylation is 1. The lowest BCUT2D eigenvalue weighted by molar-refractivity contribution is 0.262. The summed E-state index contributed by atoms with van der Waals surface area (Å²) in [5.74, 6) is 0.957. The smallest absolute Gasteiger partial charge is 0.141 e. The van der Waals surface area contributed by atoms with Crippen molar-refractivity contribution in [1.82, 2.24) is 19.9 Å². The summed E-state index contributed by atoms with van der Waals surface area (Å²) >= 11 is 0. The summed E-state index contributed by atoms with van der Waals surface area (Å²) in [6.45, 7) is 6.51. The number of aromatic nitrogens is 3. The molecule has 4 rings (SSSR count). The zero-order valence-corrected chi connectivity index (χ0v) is 13.5. The highest BCUT2D eigenvalue weighted by Gasteiger charge is 2.12. The molecule has 1 N–H and O–H groups in total. The molecule has 23 heavy (non-hydrogen) atoms. The second-order valence-corrected chi connectivity index (χ2v) is 6.32. The molecule has 1 aromatic carbocycles. The molecule has 120 valence electrons. The molecule has 3 heterocycles. The fraction of sp³-hybridized carbons (Fsp3) is 0.444. The molecule has 1 saturated heterocycles. The van der Waals surface area contributed by atoms with Crippen molar-refractivity contribution in [2.45, 2.75) is 26.2 Å². The maximum absolute atomic E-state index is 6.02. The number of hydrogen-bond donors (Lipinski definition) is 1. The number of nitrogens with zero attached hydrogens (tertiary/aromatic N) is 3. The molecule has 1 fully saturated rings. The SMILES string of the molecule is Cc1cc2c(cc1OCCCN1CCCC1)[nH]c1ncncc12. The van der Waals surface area contributed by atoms with Crippen LogP contribution in [0.5, 0.6) is 5.75 Å². The lowest BCUT2D eigenvalue weighted by atomic mass is 10.1. The van der Waals surface area contributed by atoms with Crippen LogP contribution in [-0.4, -0.2) is 46.1 Å². The normalized spacial score (nSPS) is 15.7. The summed E-state index contributed by atoms with van der Waals surface area (Å²) in [6, 6.07) is 4.25. The molecule has 5 heteroatoms. The molecule has 1 aliphatic rings. The van der Waals surface area contributed by atoms with E-state index in [1.54, 1.807) is 6.33 Å². The Morgan fingerprint density at radius 1 is 1.22 bits per heavy atom. The van der Waals surface area contributed by atoms with Gasteiger partial charge in [0.15, 0.2) is 0 Å². The third kappa shape index (κ3) is 2.88. The van der Waals surface area contributed by atoms with Gasteiger partial charge in [0.25, 0.3) is 0 Å². The highest BCUT2D eigenvalue weighted by Crippen LogP contribution is 2.30. The van der Waals surface area contributed by atoms with Crippen LogP contribution in [0.15, 0.2) is 24.7 Å². The largest absolute Gasteiger partial charge is 0.493 e. The molecular weight excluding hydrogens is 288 g/mol. The maximum Gasteiger partial charge on any atom is 0.141 e. The Morgan fingerprint density at radius 3 is 2.96 bits per heavy atom. The summed E-state index contributed by atoms with van der Waals surface area (Å²) in [5, 5.41) is 2.22. The van der Waals surface area contributed by atoms with Crippen LogP contribution >= 0.6 is 0 Å². The Hall–Kier alpha value is -2.14. The molecule has 0 spiro atoms. The minimum absolute atomic E-state index is 0.767. The summed E-state index contributed by atoms with van der Waals surface area (Å²) < 4.78 is 6.02. The lowest BCUT2D eigenvalue weighted by Crippen LogP contribution is -2.21. The quantitative estimate of drug-likeness (QED) is 0.735. The lowest BCUT2D eigenvalue weighted by Gasteiger charge is -2.15. The number of benzene rings is 1. The highest BCUT2D eigenvalue weighted by molar-refractivity contribution is 6.06. The van der Waals surface area contributed by atoms with Gasteiger partial charge < -0.3 is 14.6 Å². The second kappa shape index (κ2) is 6.16. The van der Waals surface area contributed by atoms with E-state index in [1.165, 1.54) is 25.9 Å². The zero-order chi connectivity index (χ0) is 15.6. The number of nitrogens with one attached hydrogen (secondary N) is 1. The van der Waals surface area contributed by atoms with Gasteiger partial charge in [-0.25, -0.2) is 9.97 Å². The monoisotopic (exact) mass is 310 g/mol. The second-order valence-electron chi connectivity index (χ2n) is 6.32. The standard InChI is InChI=1S/C18H22N4O/c1-13-9-14-15-11-19-12-20-18(15)21-16(14)10-17(13)23-8-4-7-22-5-2-3-6-22/h9-12H,2-8H2,1H3,(H,19,20,21). The average molecular weight is 310 g/mol. The summed E-state index contributed by atoms with van der Waals surface area (Å²) in [4.78, 5) is 14.3. The summed E-state index contributed by atoms with van der Waals surface area (Å²) in [7, 11) is 0. The summed E-state index contributed by atoms with van der Waals surface area (Å²) in [6.07, 6.45) is 7.20. The van der Waals surface area contributed by atoms with Crippen LogP contribution in [0.3, 0.4) is 0 Å². The van der Waals surface area contributed by atoms with Crippen LogP contribution in [0.1, 0.15) is 24.8 Å². The van der Waals surface area contributed by atoms with Crippen LogP contribution in [0.2, 0.25) is 0 Å². The Kier molecular flexibility index (Phi) is 3.87. The molecule has 0 radical (unpaired) electrons. The van der Waals surface area contributed by atoms with Crippen LogP contribution in [0, 0.1) is 6.92 Å². The van der Waals surface area contributed by atoms with Gasteiger partial charge in [-0.3, -0.25) is 0 Å². The predicted molar refractivity (Wildman–Crippen MR) is 91.9 cm³/mol. The van der Waals surface area contributed by atoms with Gasteiger partial charge in [0.1, 0.15) is 17.7 Å². The molecule has 1 aliphatic heterocycles. The maximum atomic E-state index is 6.02. The van der Waals surface area contributed by atoms with E-state index < -0.39 is 0 Å². The molecular formula is C18H22N4O. The molecule has 0 amide bonds. The van der Waals surface area contributed by atoms with Crippen LogP contribution in [0.25, 0.3) is 21.9 Å². The first-order valence-corrected chi connectivity index (χ1v) is 8.38. The topological polar surface area (TPSA) is 54.0 Å². The molecule has 2 aromatic heterocycles. The first-order valence-electron chi connectivity index (χ1n) is 8.38. The van der Waals surface area contributed by atoms with E-state index in [9.17, 15) is 0 Å². The number of ether oxygens (including phenoxy) is 1. The van der Waals surface area contributed by atoms with E-state index >= 15 is 0 Å². The van der Waals surface area contributed by atoms with Crippen molar-refractivity contribution in [3.63, 3.8) is 0 Å². The average Bonchev–Trinajstić information content (AvgIpc) is 3.19. The van der Waals surface area contributed by atoms with Crippen LogP contribution in [-0.2, 0) is 0 Å². The Bertz CT molecular complexity index is 820. The zero-order valence-electron chi connectivity index (χ0n) is 13.5. The van der Waals surface area contributed by atoms with Crippen molar-refractivity contribution in [3.8, 4) is 5.75 Å². The van der Waals surface area contributed by atoms with E-state index in [1.807, 2.05) is 6.20 Å². The fourth-order valence-electron chi connectivity index (χ4n) is 3.40. The number of fused-ring (bicyclic) bond motifs is 3. The van der Waals surface area contributed by atoms with Gasteiger partial charge in [-0.2, -0.15) is 0 Å². The van der Waals surface area contributed by atoms with Crippen molar-refractivity contribution < 1.29 is 4.74 Å². The van der Waals surface area contributed by atoms with E-state index in [4.69, 9.17) is 4.74 Å². The first-order chi connectivity index (χ1) is 11.3. The van der Waals surface area contributed by atoms with Crippen LogP contribution < -0.4 is 4.74 Å². The third-order valence-electron chi connectivity index (χ3n) is 4.65. The number of likely N-dealkylation sites (tertiary alicyclic amines) is 1. The van der Waals surface area contributed by atoms with E-state index in [2.05, 4.69) is 38.9 Å². The molecule has 0 aliphatic carbocycles. The molecule has 5 nitrogen and oxygen atoms in total. The van der Waals surface area contributed by atoms with E-state index in [-0.39, 0.29) is 0 Å². The van der Waals surface area contributed by atoms with Gasteiger partial charge in [0, 0.05) is 29.6 Å². The van der Waals surface area contributed by atoms with Gasteiger partial charge in [0.05, 0.1) is 12.1 Å². The van der Waals surface area contributed by atoms with Crippen molar-refractivity contribution >= 4 is 21.9 Å². The number of aromatic amines is 1. The van der Waals surface area contributed by atoms with E-state index in [0.717, 1.165) is 52.8 Å².